The summed E-state index contributed by atoms with van der Waals surface area (Å²) in [7, 11) is 0. The minimum atomic E-state index is -0.522. The fourth-order valence-corrected chi connectivity index (χ4v) is 2.31. The number of nitrogens with zero attached hydrogens (tertiary/aromatic N) is 2. The average molecular weight is 367 g/mol. The van der Waals surface area contributed by atoms with Crippen molar-refractivity contribution in [1.29, 1.82) is 5.26 Å². The first-order valence-electron chi connectivity index (χ1n) is 5.87. The third-order valence-corrected chi connectivity index (χ3v) is 3.61. The number of hydrogen-bond donors (Lipinski definition) is 1. The summed E-state index contributed by atoms with van der Waals surface area (Å²) in [5.41, 5.74) is 1.73. The molecular weight excluding hydrogens is 358 g/mol. The lowest BCUT2D eigenvalue weighted by molar-refractivity contribution is -0.384. The van der Waals surface area contributed by atoms with Gasteiger partial charge in [0.05, 0.1) is 16.2 Å². The number of nitriles is 1. The van der Waals surface area contributed by atoms with Crippen molar-refractivity contribution in [3.05, 3.63) is 67.1 Å². The predicted octanol–water partition coefficient (Wildman–Crippen LogP) is 4.49. The van der Waals surface area contributed by atoms with Crippen LogP contribution in [0, 0.1) is 21.4 Å². The first-order chi connectivity index (χ1) is 10.0. The van der Waals surface area contributed by atoms with E-state index in [2.05, 4.69) is 27.3 Å². The topological polar surface area (TPSA) is 79.0 Å². The number of rotatable bonds is 4. The van der Waals surface area contributed by atoms with Gasteiger partial charge in [0.15, 0.2) is 0 Å². The Morgan fingerprint density at radius 2 is 2.10 bits per heavy atom. The Hall–Kier alpha value is -2.10. The minimum absolute atomic E-state index is 0.101. The van der Waals surface area contributed by atoms with Gasteiger partial charge in [0, 0.05) is 17.1 Å². The average Bonchev–Trinajstić information content (AvgIpc) is 2.46. The van der Waals surface area contributed by atoms with E-state index in [9.17, 15) is 10.1 Å². The Labute approximate surface area is 134 Å². The van der Waals surface area contributed by atoms with E-state index in [4.69, 9.17) is 16.9 Å². The Kier molecular flexibility index (Phi) is 4.78. The SMILES string of the molecule is N#Cc1ccc(Br)cc1NCc1ccc(Cl)c([N+](=O)[O-])c1. The molecule has 0 amide bonds. The Balaban J connectivity index is 2.21. The highest BCUT2D eigenvalue weighted by Gasteiger charge is 2.12. The van der Waals surface area contributed by atoms with Crippen molar-refractivity contribution in [3.8, 4) is 6.07 Å². The monoisotopic (exact) mass is 365 g/mol. The normalized spacial score (nSPS) is 9.95. The lowest BCUT2D eigenvalue weighted by Gasteiger charge is -2.09. The van der Waals surface area contributed by atoms with Crippen LogP contribution in [0.1, 0.15) is 11.1 Å². The molecule has 0 unspecified atom stereocenters. The van der Waals surface area contributed by atoms with Gasteiger partial charge in [-0.3, -0.25) is 10.1 Å². The van der Waals surface area contributed by atoms with Crippen molar-refractivity contribution < 1.29 is 4.92 Å². The second kappa shape index (κ2) is 6.57. The Morgan fingerprint density at radius 3 is 2.76 bits per heavy atom. The molecule has 0 heterocycles. The van der Waals surface area contributed by atoms with Gasteiger partial charge in [0.1, 0.15) is 11.1 Å². The minimum Gasteiger partial charge on any atom is -0.380 e. The van der Waals surface area contributed by atoms with Crippen LogP contribution < -0.4 is 5.32 Å². The maximum atomic E-state index is 10.8. The quantitative estimate of drug-likeness (QED) is 0.638. The molecule has 2 aromatic carbocycles. The molecule has 0 spiro atoms. The molecule has 0 aliphatic rings. The molecule has 5 nitrogen and oxygen atoms in total. The maximum Gasteiger partial charge on any atom is 0.288 e. The molecule has 0 atom stereocenters. The van der Waals surface area contributed by atoms with Gasteiger partial charge in [-0.15, -0.1) is 0 Å². The van der Waals surface area contributed by atoms with Gasteiger partial charge in [-0.25, -0.2) is 0 Å². The third kappa shape index (κ3) is 3.72. The van der Waals surface area contributed by atoms with E-state index in [0.29, 0.717) is 23.4 Å². The highest BCUT2D eigenvalue weighted by molar-refractivity contribution is 9.10. The molecule has 0 aliphatic heterocycles. The van der Waals surface area contributed by atoms with Crippen LogP contribution >= 0.6 is 27.5 Å². The van der Waals surface area contributed by atoms with Gasteiger partial charge in [-0.2, -0.15) is 5.26 Å². The molecule has 1 N–H and O–H groups in total. The van der Waals surface area contributed by atoms with Crippen molar-refractivity contribution in [2.24, 2.45) is 0 Å². The van der Waals surface area contributed by atoms with Crippen molar-refractivity contribution in [2.45, 2.75) is 6.54 Å². The molecule has 0 aliphatic carbocycles. The summed E-state index contributed by atoms with van der Waals surface area (Å²) in [6.07, 6.45) is 0. The van der Waals surface area contributed by atoms with Crippen molar-refractivity contribution in [2.75, 3.05) is 5.32 Å². The largest absolute Gasteiger partial charge is 0.380 e. The summed E-state index contributed by atoms with van der Waals surface area (Å²) < 4.78 is 0.839. The van der Waals surface area contributed by atoms with Gasteiger partial charge < -0.3 is 5.32 Å². The smallest absolute Gasteiger partial charge is 0.288 e. The highest BCUT2D eigenvalue weighted by Crippen LogP contribution is 2.26. The van der Waals surface area contributed by atoms with Crippen LogP contribution in [0.15, 0.2) is 40.9 Å². The van der Waals surface area contributed by atoms with Crippen molar-refractivity contribution >= 4 is 38.9 Å². The number of anilines is 1. The molecule has 0 saturated carbocycles. The van der Waals surface area contributed by atoms with Crippen LogP contribution in [0.25, 0.3) is 0 Å². The molecule has 2 aromatic rings. The molecule has 7 heteroatoms. The van der Waals surface area contributed by atoms with Crippen molar-refractivity contribution in [3.63, 3.8) is 0 Å². The second-order valence-corrected chi connectivity index (χ2v) is 5.52. The highest BCUT2D eigenvalue weighted by atomic mass is 79.9. The summed E-state index contributed by atoms with van der Waals surface area (Å²) in [6, 6.07) is 11.9. The number of benzene rings is 2. The number of nitrogens with one attached hydrogen (secondary N) is 1. The van der Waals surface area contributed by atoms with Crippen LogP contribution in [-0.2, 0) is 6.54 Å². The molecule has 0 fully saturated rings. The van der Waals surface area contributed by atoms with Crippen molar-refractivity contribution in [1.82, 2.24) is 0 Å². The molecule has 0 bridgehead atoms. The summed E-state index contributed by atoms with van der Waals surface area (Å²) in [6.45, 7) is 0.350. The van der Waals surface area contributed by atoms with Gasteiger partial charge in [-0.1, -0.05) is 33.6 Å². The first kappa shape index (κ1) is 15.3. The third-order valence-electron chi connectivity index (χ3n) is 2.79. The fourth-order valence-electron chi connectivity index (χ4n) is 1.77. The van der Waals surface area contributed by atoms with Gasteiger partial charge in [0.2, 0.25) is 0 Å². The second-order valence-electron chi connectivity index (χ2n) is 4.20. The number of nitro groups is 1. The first-order valence-corrected chi connectivity index (χ1v) is 7.04. The van der Waals surface area contributed by atoms with E-state index >= 15 is 0 Å². The van der Waals surface area contributed by atoms with Crippen LogP contribution in [-0.4, -0.2) is 4.92 Å². The van der Waals surface area contributed by atoms with Crippen LogP contribution in [0.4, 0.5) is 11.4 Å². The zero-order valence-corrected chi connectivity index (χ0v) is 13.0. The van der Waals surface area contributed by atoms with Crippen LogP contribution in [0.2, 0.25) is 5.02 Å². The molecule has 106 valence electrons. The zero-order chi connectivity index (χ0) is 15.4. The van der Waals surface area contributed by atoms with E-state index in [1.807, 2.05) is 0 Å². The lowest BCUT2D eigenvalue weighted by atomic mass is 10.1. The van der Waals surface area contributed by atoms with Crippen LogP contribution in [0.3, 0.4) is 0 Å². The van der Waals surface area contributed by atoms with E-state index in [0.717, 1.165) is 4.47 Å². The Morgan fingerprint density at radius 1 is 1.33 bits per heavy atom. The zero-order valence-electron chi connectivity index (χ0n) is 10.6. The molecule has 21 heavy (non-hydrogen) atoms. The van der Waals surface area contributed by atoms with Gasteiger partial charge >= 0.3 is 0 Å². The summed E-state index contributed by atoms with van der Waals surface area (Å²) >= 11 is 9.10. The van der Waals surface area contributed by atoms with Gasteiger partial charge in [-0.05, 0) is 29.8 Å². The summed E-state index contributed by atoms with van der Waals surface area (Å²) in [5.74, 6) is 0. The molecular formula is C14H9BrClN3O2. The molecule has 0 saturated heterocycles. The van der Waals surface area contributed by atoms with E-state index in [1.54, 1.807) is 24.3 Å². The number of nitro benzene ring substituents is 1. The summed E-state index contributed by atoms with van der Waals surface area (Å²) in [5, 5.41) is 23.1. The fraction of sp³-hybridized carbons (Fsp3) is 0.0714. The predicted molar refractivity (Wildman–Crippen MR) is 84.3 cm³/mol. The van der Waals surface area contributed by atoms with E-state index < -0.39 is 4.92 Å². The van der Waals surface area contributed by atoms with Gasteiger partial charge in [0.25, 0.3) is 5.69 Å². The number of hydrogen-bond acceptors (Lipinski definition) is 4. The summed E-state index contributed by atoms with van der Waals surface area (Å²) in [4.78, 5) is 10.3. The number of halogens is 2. The van der Waals surface area contributed by atoms with E-state index in [1.165, 1.54) is 12.1 Å². The van der Waals surface area contributed by atoms with Crippen LogP contribution in [0.5, 0.6) is 0 Å². The Bertz CT molecular complexity index is 743. The molecule has 0 aromatic heterocycles. The lowest BCUT2D eigenvalue weighted by Crippen LogP contribution is -2.02. The maximum absolute atomic E-state index is 10.8. The molecule has 0 radical (unpaired) electrons. The molecule has 2 rings (SSSR count). The van der Waals surface area contributed by atoms with E-state index in [-0.39, 0.29) is 10.7 Å². The standard InChI is InChI=1S/C14H9BrClN3O2/c15-11-3-2-10(7-17)13(6-11)18-8-9-1-4-12(16)14(5-9)19(20)21/h1-6,18H,8H2.